The van der Waals surface area contributed by atoms with Gasteiger partial charge in [0, 0.05) is 11.2 Å². The molecule has 1 aromatic carbocycles. The normalized spacial score (nSPS) is 10.2. The lowest BCUT2D eigenvalue weighted by Gasteiger charge is -2.11. The Hall–Kier alpha value is -2.31. The summed E-state index contributed by atoms with van der Waals surface area (Å²) in [6.45, 7) is 0. The highest BCUT2D eigenvalue weighted by Crippen LogP contribution is 2.30. The summed E-state index contributed by atoms with van der Waals surface area (Å²) >= 11 is 11.7. The smallest absolute Gasteiger partial charge is 0.337 e. The third-order valence-electron chi connectivity index (χ3n) is 2.58. The lowest BCUT2D eigenvalue weighted by molar-refractivity contribution is 0.0698. The first-order valence-electron chi connectivity index (χ1n) is 5.64. The highest BCUT2D eigenvalue weighted by molar-refractivity contribution is 6.38. The van der Waals surface area contributed by atoms with Crippen LogP contribution in [0, 0.1) is 0 Å². The minimum absolute atomic E-state index is 0.00255. The summed E-state index contributed by atoms with van der Waals surface area (Å²) in [7, 11) is 0. The standard InChI is InChI=1S/C13H9Cl2N3O3/c14-6-4-7(13(20)21)10(8(15)5-6)18-12(19)11-9(16)2-1-3-17-11/h1-5H,16H2,(H,18,19)(H,20,21). The van der Waals surface area contributed by atoms with Gasteiger partial charge in [-0.3, -0.25) is 4.79 Å². The van der Waals surface area contributed by atoms with Gasteiger partial charge < -0.3 is 16.2 Å². The summed E-state index contributed by atoms with van der Waals surface area (Å²) < 4.78 is 0. The molecule has 108 valence electrons. The summed E-state index contributed by atoms with van der Waals surface area (Å²) in [6.07, 6.45) is 1.40. The number of carbonyl (C=O) groups excluding carboxylic acids is 1. The number of nitrogens with zero attached hydrogens (tertiary/aromatic N) is 1. The lowest BCUT2D eigenvalue weighted by Crippen LogP contribution is -2.18. The molecule has 0 saturated heterocycles. The number of nitrogens with two attached hydrogens (primary N) is 1. The maximum Gasteiger partial charge on any atom is 0.337 e. The summed E-state index contributed by atoms with van der Waals surface area (Å²) in [5.41, 5.74) is 5.48. The highest BCUT2D eigenvalue weighted by atomic mass is 35.5. The first-order valence-corrected chi connectivity index (χ1v) is 6.40. The Morgan fingerprint density at radius 2 is 2.00 bits per heavy atom. The second kappa shape index (κ2) is 5.99. The largest absolute Gasteiger partial charge is 0.478 e. The summed E-state index contributed by atoms with van der Waals surface area (Å²) in [6, 6.07) is 5.59. The summed E-state index contributed by atoms with van der Waals surface area (Å²) in [5.74, 6) is -1.94. The SMILES string of the molecule is Nc1cccnc1C(=O)Nc1c(Cl)cc(Cl)cc1C(=O)O. The number of aromatic carboxylic acids is 1. The van der Waals surface area contributed by atoms with Crippen LogP contribution < -0.4 is 11.1 Å². The van der Waals surface area contributed by atoms with Crippen LogP contribution in [0.15, 0.2) is 30.5 Å². The van der Waals surface area contributed by atoms with E-state index in [4.69, 9.17) is 34.0 Å². The van der Waals surface area contributed by atoms with Gasteiger partial charge in [-0.1, -0.05) is 23.2 Å². The average molecular weight is 326 g/mol. The maximum absolute atomic E-state index is 12.1. The number of rotatable bonds is 3. The molecule has 21 heavy (non-hydrogen) atoms. The number of carboxylic acids is 1. The molecule has 0 fully saturated rings. The van der Waals surface area contributed by atoms with Crippen LogP contribution in [0.1, 0.15) is 20.8 Å². The Balaban J connectivity index is 2.42. The van der Waals surface area contributed by atoms with Crippen LogP contribution in [-0.4, -0.2) is 22.0 Å². The van der Waals surface area contributed by atoms with Crippen LogP contribution in [0.2, 0.25) is 10.0 Å². The number of carbonyl (C=O) groups is 2. The van der Waals surface area contributed by atoms with Crippen molar-refractivity contribution in [1.82, 2.24) is 4.98 Å². The van der Waals surface area contributed by atoms with Crippen molar-refractivity contribution in [2.24, 2.45) is 0 Å². The molecule has 0 atom stereocenters. The number of nitrogen functional groups attached to an aromatic ring is 1. The molecular formula is C13H9Cl2N3O3. The van der Waals surface area contributed by atoms with Crippen LogP contribution in [0.4, 0.5) is 11.4 Å². The highest BCUT2D eigenvalue weighted by Gasteiger charge is 2.19. The van der Waals surface area contributed by atoms with Gasteiger partial charge in [0.05, 0.1) is 22.0 Å². The molecular weight excluding hydrogens is 317 g/mol. The minimum Gasteiger partial charge on any atom is -0.478 e. The number of aromatic nitrogens is 1. The monoisotopic (exact) mass is 325 g/mol. The van der Waals surface area contributed by atoms with E-state index in [1.54, 1.807) is 6.07 Å². The third-order valence-corrected chi connectivity index (χ3v) is 3.09. The second-order valence-corrected chi connectivity index (χ2v) is 4.85. The lowest BCUT2D eigenvalue weighted by atomic mass is 10.1. The van der Waals surface area contributed by atoms with Crippen LogP contribution in [0.5, 0.6) is 0 Å². The molecule has 0 radical (unpaired) electrons. The first-order chi connectivity index (χ1) is 9.90. The number of amides is 1. The van der Waals surface area contributed by atoms with Crippen molar-refractivity contribution in [3.8, 4) is 0 Å². The fourth-order valence-corrected chi connectivity index (χ4v) is 2.19. The molecule has 0 bridgehead atoms. The van der Waals surface area contributed by atoms with Crippen molar-refractivity contribution in [3.63, 3.8) is 0 Å². The molecule has 0 spiro atoms. The van der Waals surface area contributed by atoms with E-state index in [9.17, 15) is 9.59 Å². The maximum atomic E-state index is 12.1. The van der Waals surface area contributed by atoms with Gasteiger partial charge in [0.2, 0.25) is 0 Å². The van der Waals surface area contributed by atoms with Gasteiger partial charge in [0.1, 0.15) is 0 Å². The zero-order valence-electron chi connectivity index (χ0n) is 10.4. The molecule has 8 heteroatoms. The topological polar surface area (TPSA) is 105 Å². The summed E-state index contributed by atoms with van der Waals surface area (Å²) in [4.78, 5) is 27.2. The van der Waals surface area contributed by atoms with Crippen LogP contribution >= 0.6 is 23.2 Å². The number of hydrogen-bond donors (Lipinski definition) is 3. The zero-order valence-corrected chi connectivity index (χ0v) is 11.9. The Kier molecular flexibility index (Phi) is 4.30. The van der Waals surface area contributed by atoms with E-state index in [1.165, 1.54) is 24.4 Å². The van der Waals surface area contributed by atoms with Crippen molar-refractivity contribution in [2.45, 2.75) is 0 Å². The van der Waals surface area contributed by atoms with Gasteiger partial charge in [0.25, 0.3) is 5.91 Å². The van der Waals surface area contributed by atoms with E-state index in [2.05, 4.69) is 10.3 Å². The van der Waals surface area contributed by atoms with E-state index in [0.29, 0.717) is 0 Å². The van der Waals surface area contributed by atoms with Crippen LogP contribution in [0.25, 0.3) is 0 Å². The Morgan fingerprint density at radius 1 is 1.29 bits per heavy atom. The number of anilines is 2. The van der Waals surface area contributed by atoms with Crippen LogP contribution in [-0.2, 0) is 0 Å². The van der Waals surface area contributed by atoms with Crippen LogP contribution in [0.3, 0.4) is 0 Å². The molecule has 2 aromatic rings. The van der Waals surface area contributed by atoms with E-state index in [-0.39, 0.29) is 32.7 Å². The second-order valence-electron chi connectivity index (χ2n) is 4.01. The van der Waals surface area contributed by atoms with Gasteiger partial charge in [-0.15, -0.1) is 0 Å². The molecule has 1 heterocycles. The Labute approximate surface area is 129 Å². The number of benzene rings is 1. The molecule has 0 aliphatic rings. The molecule has 6 nitrogen and oxygen atoms in total. The Bertz CT molecular complexity index is 735. The van der Waals surface area contributed by atoms with Gasteiger partial charge in [0.15, 0.2) is 5.69 Å². The number of pyridine rings is 1. The van der Waals surface area contributed by atoms with E-state index in [0.717, 1.165) is 0 Å². The molecule has 4 N–H and O–H groups in total. The molecule has 0 saturated carbocycles. The summed E-state index contributed by atoms with van der Waals surface area (Å²) in [5, 5.41) is 11.7. The fourth-order valence-electron chi connectivity index (χ4n) is 1.65. The van der Waals surface area contributed by atoms with E-state index < -0.39 is 11.9 Å². The van der Waals surface area contributed by atoms with Crippen molar-refractivity contribution >= 4 is 46.5 Å². The fraction of sp³-hybridized carbons (Fsp3) is 0. The first kappa shape index (κ1) is 15.1. The van der Waals surface area contributed by atoms with Crippen molar-refractivity contribution in [1.29, 1.82) is 0 Å². The number of halogens is 2. The molecule has 1 amide bonds. The third kappa shape index (κ3) is 3.24. The predicted molar refractivity (Wildman–Crippen MR) is 80.0 cm³/mol. The van der Waals surface area contributed by atoms with Gasteiger partial charge in [-0.25, -0.2) is 9.78 Å². The molecule has 0 aliphatic carbocycles. The molecule has 0 unspecified atom stereocenters. The number of carboxylic acid groups (broad SMARTS) is 1. The van der Waals surface area contributed by atoms with Crippen molar-refractivity contribution < 1.29 is 14.7 Å². The van der Waals surface area contributed by atoms with Crippen molar-refractivity contribution in [2.75, 3.05) is 11.1 Å². The quantitative estimate of drug-likeness (QED) is 0.804. The molecule has 1 aromatic heterocycles. The molecule has 2 rings (SSSR count). The van der Waals surface area contributed by atoms with Gasteiger partial charge in [-0.05, 0) is 24.3 Å². The Morgan fingerprint density at radius 3 is 2.62 bits per heavy atom. The van der Waals surface area contributed by atoms with Gasteiger partial charge in [-0.2, -0.15) is 0 Å². The minimum atomic E-state index is -1.27. The number of nitrogens with one attached hydrogen (secondary N) is 1. The number of hydrogen-bond acceptors (Lipinski definition) is 4. The van der Waals surface area contributed by atoms with Crippen molar-refractivity contribution in [3.05, 3.63) is 51.8 Å². The van der Waals surface area contributed by atoms with E-state index >= 15 is 0 Å². The van der Waals surface area contributed by atoms with Gasteiger partial charge >= 0.3 is 5.97 Å². The predicted octanol–water partition coefficient (Wildman–Crippen LogP) is 2.92. The van der Waals surface area contributed by atoms with E-state index in [1.807, 2.05) is 0 Å². The molecule has 0 aliphatic heterocycles. The zero-order chi connectivity index (χ0) is 15.6. The average Bonchev–Trinajstić information content (AvgIpc) is 2.41.